The zero-order chi connectivity index (χ0) is 19.3. The topological polar surface area (TPSA) is 63.5 Å². The molecule has 2 rings (SSSR count). The summed E-state index contributed by atoms with van der Waals surface area (Å²) in [5.41, 5.74) is 2.36. The van der Waals surface area contributed by atoms with Crippen LogP contribution in [0.2, 0.25) is 0 Å². The molecule has 1 aromatic carbocycles. The number of aliphatic imine (C=N–C) groups is 1. The van der Waals surface area contributed by atoms with Crippen LogP contribution in [0.3, 0.4) is 0 Å². The van der Waals surface area contributed by atoms with E-state index in [1.165, 1.54) is 5.56 Å². The second-order valence-corrected chi connectivity index (χ2v) is 6.88. The SMILES string of the molecule is CCNC(=NCCCOCC(C)C)NCCc1ccc(-n2cccn2)cc1. The van der Waals surface area contributed by atoms with Gasteiger partial charge in [0.2, 0.25) is 0 Å². The first-order chi connectivity index (χ1) is 13.2. The smallest absolute Gasteiger partial charge is 0.191 e. The number of guanidine groups is 1. The van der Waals surface area contributed by atoms with Gasteiger partial charge in [-0.2, -0.15) is 5.10 Å². The van der Waals surface area contributed by atoms with Gasteiger partial charge in [0, 0.05) is 45.2 Å². The molecule has 0 saturated heterocycles. The molecule has 0 saturated carbocycles. The standard InChI is InChI=1S/C21H33N5O/c1-4-22-21(23-12-6-16-27-17-18(2)3)24-14-11-19-7-9-20(10-8-19)26-15-5-13-25-26/h5,7-10,13,15,18H,4,6,11-12,14,16-17H2,1-3H3,(H2,22,23,24). The first-order valence-corrected chi connectivity index (χ1v) is 9.88. The second-order valence-electron chi connectivity index (χ2n) is 6.88. The number of hydrogen-bond acceptors (Lipinski definition) is 3. The highest BCUT2D eigenvalue weighted by Crippen LogP contribution is 2.08. The molecule has 0 bridgehead atoms. The summed E-state index contributed by atoms with van der Waals surface area (Å²) in [6.45, 7) is 10.5. The van der Waals surface area contributed by atoms with Crippen LogP contribution in [0.1, 0.15) is 32.8 Å². The van der Waals surface area contributed by atoms with Crippen LogP contribution in [0.5, 0.6) is 0 Å². The average molecular weight is 372 g/mol. The summed E-state index contributed by atoms with van der Waals surface area (Å²) in [4.78, 5) is 4.61. The quantitative estimate of drug-likeness (QED) is 0.362. The minimum Gasteiger partial charge on any atom is -0.381 e. The molecular formula is C21H33N5O. The van der Waals surface area contributed by atoms with Gasteiger partial charge in [-0.3, -0.25) is 4.99 Å². The first-order valence-electron chi connectivity index (χ1n) is 9.88. The highest BCUT2D eigenvalue weighted by Gasteiger charge is 2.00. The lowest BCUT2D eigenvalue weighted by molar-refractivity contribution is 0.109. The van der Waals surface area contributed by atoms with Gasteiger partial charge < -0.3 is 15.4 Å². The van der Waals surface area contributed by atoms with Crippen molar-refractivity contribution in [3.05, 3.63) is 48.3 Å². The van der Waals surface area contributed by atoms with Crippen molar-refractivity contribution in [1.82, 2.24) is 20.4 Å². The summed E-state index contributed by atoms with van der Waals surface area (Å²) < 4.78 is 7.46. The highest BCUT2D eigenvalue weighted by molar-refractivity contribution is 5.79. The van der Waals surface area contributed by atoms with Crippen molar-refractivity contribution in [2.75, 3.05) is 32.8 Å². The molecule has 6 heteroatoms. The Morgan fingerprint density at radius 2 is 2.04 bits per heavy atom. The van der Waals surface area contributed by atoms with E-state index in [9.17, 15) is 0 Å². The number of hydrogen-bond donors (Lipinski definition) is 2. The maximum Gasteiger partial charge on any atom is 0.191 e. The van der Waals surface area contributed by atoms with Gasteiger partial charge in [-0.15, -0.1) is 0 Å². The second kappa shape index (κ2) is 12.1. The predicted molar refractivity (Wildman–Crippen MR) is 112 cm³/mol. The molecule has 2 N–H and O–H groups in total. The maximum atomic E-state index is 5.60. The third kappa shape index (κ3) is 8.26. The Bertz CT molecular complexity index is 650. The molecule has 1 heterocycles. The van der Waals surface area contributed by atoms with Gasteiger partial charge in [0.1, 0.15) is 0 Å². The molecule has 0 atom stereocenters. The van der Waals surface area contributed by atoms with Crippen LogP contribution in [-0.4, -0.2) is 48.6 Å². The van der Waals surface area contributed by atoms with E-state index in [2.05, 4.69) is 65.8 Å². The largest absolute Gasteiger partial charge is 0.381 e. The molecule has 27 heavy (non-hydrogen) atoms. The summed E-state index contributed by atoms with van der Waals surface area (Å²) in [5, 5.41) is 10.9. The van der Waals surface area contributed by atoms with Crippen molar-refractivity contribution in [2.45, 2.75) is 33.6 Å². The van der Waals surface area contributed by atoms with E-state index in [1.54, 1.807) is 6.20 Å². The van der Waals surface area contributed by atoms with Crippen LogP contribution in [0.25, 0.3) is 5.69 Å². The van der Waals surface area contributed by atoms with Crippen LogP contribution in [-0.2, 0) is 11.2 Å². The highest BCUT2D eigenvalue weighted by atomic mass is 16.5. The Kier molecular flexibility index (Phi) is 9.41. The van der Waals surface area contributed by atoms with Crippen molar-refractivity contribution < 1.29 is 4.74 Å². The van der Waals surface area contributed by atoms with Gasteiger partial charge in [0.25, 0.3) is 0 Å². The first kappa shape index (κ1) is 21.0. The van der Waals surface area contributed by atoms with Gasteiger partial charge in [-0.25, -0.2) is 4.68 Å². The van der Waals surface area contributed by atoms with Crippen LogP contribution < -0.4 is 10.6 Å². The van der Waals surface area contributed by atoms with Crippen molar-refractivity contribution in [2.24, 2.45) is 10.9 Å². The number of rotatable bonds is 11. The van der Waals surface area contributed by atoms with Crippen molar-refractivity contribution in [1.29, 1.82) is 0 Å². The van der Waals surface area contributed by atoms with E-state index in [-0.39, 0.29) is 0 Å². The Morgan fingerprint density at radius 3 is 2.70 bits per heavy atom. The van der Waals surface area contributed by atoms with Crippen LogP contribution >= 0.6 is 0 Å². The molecule has 0 aliphatic rings. The van der Waals surface area contributed by atoms with Gasteiger partial charge in [0.05, 0.1) is 5.69 Å². The fourth-order valence-corrected chi connectivity index (χ4v) is 2.58. The average Bonchev–Trinajstić information content (AvgIpc) is 3.19. The van der Waals surface area contributed by atoms with Crippen molar-refractivity contribution in [3.63, 3.8) is 0 Å². The van der Waals surface area contributed by atoms with Crippen molar-refractivity contribution in [3.8, 4) is 5.69 Å². The summed E-state index contributed by atoms with van der Waals surface area (Å²) >= 11 is 0. The molecular weight excluding hydrogens is 338 g/mol. The third-order valence-corrected chi connectivity index (χ3v) is 3.92. The fraction of sp³-hybridized carbons (Fsp3) is 0.524. The van der Waals surface area contributed by atoms with E-state index in [0.717, 1.165) is 57.3 Å². The Balaban J connectivity index is 1.71. The maximum absolute atomic E-state index is 5.60. The van der Waals surface area contributed by atoms with Crippen molar-refractivity contribution >= 4 is 5.96 Å². The fourth-order valence-electron chi connectivity index (χ4n) is 2.58. The molecule has 0 aliphatic carbocycles. The molecule has 0 fully saturated rings. The van der Waals surface area contributed by atoms with Gasteiger partial charge in [-0.05, 0) is 49.4 Å². The summed E-state index contributed by atoms with van der Waals surface area (Å²) in [7, 11) is 0. The zero-order valence-electron chi connectivity index (χ0n) is 16.8. The Hall–Kier alpha value is -2.34. The number of aromatic nitrogens is 2. The lowest BCUT2D eigenvalue weighted by Gasteiger charge is -2.12. The molecule has 6 nitrogen and oxygen atoms in total. The van der Waals surface area contributed by atoms with Crippen LogP contribution in [0, 0.1) is 5.92 Å². The summed E-state index contributed by atoms with van der Waals surface area (Å²) in [6.07, 6.45) is 5.62. The minimum absolute atomic E-state index is 0.584. The molecule has 0 spiro atoms. The third-order valence-electron chi connectivity index (χ3n) is 3.92. The number of nitrogens with one attached hydrogen (secondary N) is 2. The molecule has 0 aliphatic heterocycles. The Morgan fingerprint density at radius 1 is 1.22 bits per heavy atom. The molecule has 148 valence electrons. The van der Waals surface area contributed by atoms with E-state index < -0.39 is 0 Å². The number of ether oxygens (including phenoxy) is 1. The van der Waals surface area contributed by atoms with Gasteiger partial charge in [-0.1, -0.05) is 26.0 Å². The molecule has 0 unspecified atom stereocenters. The van der Waals surface area contributed by atoms with E-state index in [4.69, 9.17) is 4.74 Å². The van der Waals surface area contributed by atoms with E-state index in [1.807, 2.05) is 16.9 Å². The van der Waals surface area contributed by atoms with Crippen LogP contribution in [0.4, 0.5) is 0 Å². The molecule has 1 aromatic heterocycles. The lowest BCUT2D eigenvalue weighted by Crippen LogP contribution is -2.38. The van der Waals surface area contributed by atoms with Gasteiger partial charge >= 0.3 is 0 Å². The number of benzene rings is 1. The molecule has 0 radical (unpaired) electrons. The Labute approximate surface area is 163 Å². The van der Waals surface area contributed by atoms with E-state index >= 15 is 0 Å². The minimum atomic E-state index is 0.584. The normalized spacial score (nSPS) is 11.8. The zero-order valence-corrected chi connectivity index (χ0v) is 16.8. The summed E-state index contributed by atoms with van der Waals surface area (Å²) in [6, 6.07) is 10.4. The molecule has 2 aromatic rings. The molecule has 0 amide bonds. The monoisotopic (exact) mass is 371 g/mol. The number of nitrogens with zero attached hydrogens (tertiary/aromatic N) is 3. The van der Waals surface area contributed by atoms with Crippen LogP contribution in [0.15, 0.2) is 47.7 Å². The summed E-state index contributed by atoms with van der Waals surface area (Å²) in [5.74, 6) is 1.45. The van der Waals surface area contributed by atoms with E-state index in [0.29, 0.717) is 5.92 Å². The lowest BCUT2D eigenvalue weighted by atomic mass is 10.1. The predicted octanol–water partition coefficient (Wildman–Crippen LogP) is 3.03. The van der Waals surface area contributed by atoms with Gasteiger partial charge in [0.15, 0.2) is 5.96 Å².